The third-order valence-corrected chi connectivity index (χ3v) is 5.06. The highest BCUT2D eigenvalue weighted by atomic mass is 16.5. The molecule has 0 aromatic heterocycles. The molecule has 21 heavy (non-hydrogen) atoms. The molecular weight excluding hydrogens is 264 g/mol. The first-order valence-corrected chi connectivity index (χ1v) is 8.77. The lowest BCUT2D eigenvalue weighted by Crippen LogP contribution is -2.48. The van der Waals surface area contributed by atoms with Crippen molar-refractivity contribution in [1.82, 2.24) is 4.90 Å². The Labute approximate surface area is 129 Å². The van der Waals surface area contributed by atoms with Gasteiger partial charge in [0.1, 0.15) is 6.10 Å². The van der Waals surface area contributed by atoms with Gasteiger partial charge in [0.05, 0.1) is 6.10 Å². The van der Waals surface area contributed by atoms with Gasteiger partial charge in [0.25, 0.3) is 5.91 Å². The van der Waals surface area contributed by atoms with Gasteiger partial charge < -0.3 is 15.4 Å². The first-order chi connectivity index (χ1) is 10.1. The number of rotatable bonds is 4. The SMILES string of the molecule is CC(OC1CCCCCC1)C(=O)N1CCCC(C(C)N)C1. The summed E-state index contributed by atoms with van der Waals surface area (Å²) in [6.07, 6.45) is 9.49. The third kappa shape index (κ3) is 4.96. The highest BCUT2D eigenvalue weighted by Gasteiger charge is 2.30. The Balaban J connectivity index is 1.83. The van der Waals surface area contributed by atoms with E-state index >= 15 is 0 Å². The smallest absolute Gasteiger partial charge is 0.251 e. The maximum absolute atomic E-state index is 12.6. The van der Waals surface area contributed by atoms with Crippen LogP contribution in [0.2, 0.25) is 0 Å². The largest absolute Gasteiger partial charge is 0.365 e. The monoisotopic (exact) mass is 296 g/mol. The van der Waals surface area contributed by atoms with Crippen LogP contribution in [0.5, 0.6) is 0 Å². The van der Waals surface area contributed by atoms with Crippen LogP contribution in [-0.4, -0.2) is 42.1 Å². The van der Waals surface area contributed by atoms with E-state index in [2.05, 4.69) is 0 Å². The Morgan fingerprint density at radius 1 is 1.10 bits per heavy atom. The van der Waals surface area contributed by atoms with Crippen molar-refractivity contribution in [1.29, 1.82) is 0 Å². The molecule has 0 bridgehead atoms. The fraction of sp³-hybridized carbons (Fsp3) is 0.941. The lowest BCUT2D eigenvalue weighted by Gasteiger charge is -2.36. The molecular formula is C17H32N2O2. The fourth-order valence-electron chi connectivity index (χ4n) is 3.62. The van der Waals surface area contributed by atoms with Crippen LogP contribution in [0.1, 0.15) is 65.2 Å². The number of ether oxygens (including phenoxy) is 1. The maximum Gasteiger partial charge on any atom is 0.251 e. The molecule has 1 heterocycles. The fourth-order valence-corrected chi connectivity index (χ4v) is 3.62. The summed E-state index contributed by atoms with van der Waals surface area (Å²) in [5.41, 5.74) is 6.00. The molecule has 2 fully saturated rings. The van der Waals surface area contributed by atoms with Gasteiger partial charge in [0.2, 0.25) is 0 Å². The van der Waals surface area contributed by atoms with E-state index in [1.54, 1.807) is 0 Å². The molecule has 1 amide bonds. The van der Waals surface area contributed by atoms with Crippen LogP contribution < -0.4 is 5.73 Å². The number of hydrogen-bond donors (Lipinski definition) is 1. The molecule has 122 valence electrons. The maximum atomic E-state index is 12.6. The van der Waals surface area contributed by atoms with Crippen LogP contribution in [0, 0.1) is 5.92 Å². The molecule has 0 radical (unpaired) electrons. The number of amides is 1. The van der Waals surface area contributed by atoms with Crippen LogP contribution >= 0.6 is 0 Å². The number of carbonyl (C=O) groups is 1. The topological polar surface area (TPSA) is 55.6 Å². The Morgan fingerprint density at radius 2 is 1.76 bits per heavy atom. The summed E-state index contributed by atoms with van der Waals surface area (Å²) in [6, 6.07) is 0.165. The predicted octanol–water partition coefficient (Wildman–Crippen LogP) is 2.70. The molecule has 1 saturated carbocycles. The standard InChI is InChI=1S/C17H32N2O2/c1-13(18)15-8-7-11-19(12-15)17(20)14(2)21-16-9-5-3-4-6-10-16/h13-16H,3-12,18H2,1-2H3. The molecule has 0 aromatic carbocycles. The van der Waals surface area contributed by atoms with Gasteiger partial charge in [-0.15, -0.1) is 0 Å². The van der Waals surface area contributed by atoms with E-state index in [0.717, 1.165) is 38.8 Å². The zero-order chi connectivity index (χ0) is 15.2. The summed E-state index contributed by atoms with van der Waals surface area (Å²) >= 11 is 0. The molecule has 1 saturated heterocycles. The third-order valence-electron chi connectivity index (χ3n) is 5.06. The lowest BCUT2D eigenvalue weighted by molar-refractivity contribution is -0.148. The Morgan fingerprint density at radius 3 is 2.38 bits per heavy atom. The zero-order valence-electron chi connectivity index (χ0n) is 13.7. The lowest BCUT2D eigenvalue weighted by atomic mass is 9.92. The molecule has 4 nitrogen and oxygen atoms in total. The van der Waals surface area contributed by atoms with Gasteiger partial charge in [-0.05, 0) is 45.4 Å². The number of piperidine rings is 1. The summed E-state index contributed by atoms with van der Waals surface area (Å²) in [4.78, 5) is 14.6. The van der Waals surface area contributed by atoms with Crippen LogP contribution in [0.3, 0.4) is 0 Å². The molecule has 0 aromatic rings. The van der Waals surface area contributed by atoms with Crippen molar-refractivity contribution < 1.29 is 9.53 Å². The molecule has 1 aliphatic heterocycles. The van der Waals surface area contributed by atoms with E-state index in [9.17, 15) is 4.79 Å². The van der Waals surface area contributed by atoms with E-state index in [-0.39, 0.29) is 24.2 Å². The molecule has 3 atom stereocenters. The second-order valence-corrected chi connectivity index (χ2v) is 6.94. The van der Waals surface area contributed by atoms with Gasteiger partial charge in [-0.3, -0.25) is 4.79 Å². The summed E-state index contributed by atoms with van der Waals surface area (Å²) in [6.45, 7) is 5.63. The first kappa shape index (κ1) is 16.8. The summed E-state index contributed by atoms with van der Waals surface area (Å²) in [7, 11) is 0. The minimum absolute atomic E-state index is 0.157. The highest BCUT2D eigenvalue weighted by molar-refractivity contribution is 5.80. The van der Waals surface area contributed by atoms with Gasteiger partial charge >= 0.3 is 0 Å². The minimum Gasteiger partial charge on any atom is -0.365 e. The van der Waals surface area contributed by atoms with E-state index in [1.165, 1.54) is 25.7 Å². The van der Waals surface area contributed by atoms with E-state index in [1.807, 2.05) is 18.7 Å². The van der Waals surface area contributed by atoms with Crippen molar-refractivity contribution in [2.75, 3.05) is 13.1 Å². The van der Waals surface area contributed by atoms with Crippen LogP contribution in [0.15, 0.2) is 0 Å². The average Bonchev–Trinajstić information content (AvgIpc) is 2.75. The molecule has 4 heteroatoms. The normalized spacial score (nSPS) is 28.0. The molecule has 1 aliphatic carbocycles. The predicted molar refractivity (Wildman–Crippen MR) is 85.0 cm³/mol. The summed E-state index contributed by atoms with van der Waals surface area (Å²) in [5, 5.41) is 0. The van der Waals surface area contributed by atoms with Crippen molar-refractivity contribution in [2.24, 2.45) is 11.7 Å². The minimum atomic E-state index is -0.306. The Hall–Kier alpha value is -0.610. The van der Waals surface area contributed by atoms with Gasteiger partial charge in [-0.25, -0.2) is 0 Å². The first-order valence-electron chi connectivity index (χ1n) is 8.77. The number of hydrogen-bond acceptors (Lipinski definition) is 3. The second kappa shape index (κ2) is 8.14. The zero-order valence-corrected chi connectivity index (χ0v) is 13.7. The summed E-state index contributed by atoms with van der Waals surface area (Å²) in [5.74, 6) is 0.595. The average molecular weight is 296 g/mol. The number of likely N-dealkylation sites (tertiary alicyclic amines) is 1. The quantitative estimate of drug-likeness (QED) is 0.812. The van der Waals surface area contributed by atoms with Crippen molar-refractivity contribution in [3.05, 3.63) is 0 Å². The van der Waals surface area contributed by atoms with E-state index < -0.39 is 0 Å². The van der Waals surface area contributed by atoms with Crippen molar-refractivity contribution in [3.63, 3.8) is 0 Å². The number of carbonyl (C=O) groups excluding carboxylic acids is 1. The van der Waals surface area contributed by atoms with Gasteiger partial charge in [0.15, 0.2) is 0 Å². The molecule has 0 spiro atoms. The van der Waals surface area contributed by atoms with E-state index in [4.69, 9.17) is 10.5 Å². The highest BCUT2D eigenvalue weighted by Crippen LogP contribution is 2.23. The van der Waals surface area contributed by atoms with Gasteiger partial charge in [-0.2, -0.15) is 0 Å². The number of nitrogens with zero attached hydrogens (tertiary/aromatic N) is 1. The van der Waals surface area contributed by atoms with E-state index in [0.29, 0.717) is 5.92 Å². The van der Waals surface area contributed by atoms with Crippen LogP contribution in [0.4, 0.5) is 0 Å². The van der Waals surface area contributed by atoms with Crippen LogP contribution in [0.25, 0.3) is 0 Å². The number of nitrogens with two attached hydrogens (primary N) is 1. The molecule has 2 aliphatic rings. The Bertz CT molecular complexity index is 325. The molecule has 2 rings (SSSR count). The van der Waals surface area contributed by atoms with Gasteiger partial charge in [0, 0.05) is 19.1 Å². The second-order valence-electron chi connectivity index (χ2n) is 6.94. The van der Waals surface area contributed by atoms with Gasteiger partial charge in [-0.1, -0.05) is 25.7 Å². The van der Waals surface area contributed by atoms with Crippen molar-refractivity contribution in [3.8, 4) is 0 Å². The van der Waals surface area contributed by atoms with Crippen molar-refractivity contribution >= 4 is 5.91 Å². The Kier molecular flexibility index (Phi) is 6.49. The van der Waals surface area contributed by atoms with Crippen LogP contribution in [-0.2, 0) is 9.53 Å². The molecule has 3 unspecified atom stereocenters. The summed E-state index contributed by atoms with van der Waals surface area (Å²) < 4.78 is 6.06. The molecule has 2 N–H and O–H groups in total. The van der Waals surface area contributed by atoms with Crippen molar-refractivity contribution in [2.45, 2.75) is 83.5 Å².